The highest BCUT2D eigenvalue weighted by molar-refractivity contribution is 5.33. The molecule has 1 saturated carbocycles. The second-order valence-corrected chi connectivity index (χ2v) is 5.71. The van der Waals surface area contributed by atoms with Crippen LogP contribution in [0.2, 0.25) is 0 Å². The summed E-state index contributed by atoms with van der Waals surface area (Å²) < 4.78 is 0. The van der Waals surface area contributed by atoms with E-state index in [2.05, 4.69) is 49.6 Å². The van der Waals surface area contributed by atoms with Gasteiger partial charge in [0.05, 0.1) is 0 Å². The van der Waals surface area contributed by atoms with Crippen molar-refractivity contribution in [2.24, 2.45) is 11.8 Å². The topological polar surface area (TPSA) is 38.0 Å². The summed E-state index contributed by atoms with van der Waals surface area (Å²) in [7, 11) is 0. The van der Waals surface area contributed by atoms with Crippen LogP contribution in [0.4, 0.5) is 0 Å². The average Bonchev–Trinajstić information content (AvgIpc) is 3.12. The first-order valence-electron chi connectivity index (χ1n) is 6.71. The molecule has 1 atom stereocenters. The molecule has 0 saturated heterocycles. The first-order chi connectivity index (χ1) is 8.19. The molecule has 17 heavy (non-hydrogen) atoms. The van der Waals surface area contributed by atoms with Crippen LogP contribution in [0.1, 0.15) is 45.1 Å². The van der Waals surface area contributed by atoms with Crippen molar-refractivity contribution in [1.82, 2.24) is 5.43 Å². The highest BCUT2D eigenvalue weighted by Crippen LogP contribution is 2.51. The molecule has 1 aromatic rings. The van der Waals surface area contributed by atoms with Gasteiger partial charge in [0.25, 0.3) is 0 Å². The van der Waals surface area contributed by atoms with Crippen LogP contribution in [0.3, 0.4) is 0 Å². The van der Waals surface area contributed by atoms with E-state index in [-0.39, 0.29) is 0 Å². The Morgan fingerprint density at radius 1 is 1.18 bits per heavy atom. The lowest BCUT2D eigenvalue weighted by Crippen LogP contribution is -2.44. The Morgan fingerprint density at radius 3 is 2.29 bits per heavy atom. The summed E-state index contributed by atoms with van der Waals surface area (Å²) in [6, 6.07) is 11.3. The Hall–Kier alpha value is -0.860. The standard InChI is InChI=1S/C15H24N2/c1-12(2)8-9-14(17-16)15(10-11-15)13-6-4-3-5-7-13/h3-7,12,14,17H,8-11,16H2,1-2H3. The molecule has 0 spiro atoms. The van der Waals surface area contributed by atoms with Gasteiger partial charge in [0.15, 0.2) is 0 Å². The van der Waals surface area contributed by atoms with E-state index in [0.29, 0.717) is 11.5 Å². The number of benzene rings is 1. The van der Waals surface area contributed by atoms with E-state index in [1.165, 1.54) is 31.2 Å². The van der Waals surface area contributed by atoms with E-state index in [1.807, 2.05) is 0 Å². The second-order valence-electron chi connectivity index (χ2n) is 5.71. The number of hydrazine groups is 1. The van der Waals surface area contributed by atoms with E-state index in [1.54, 1.807) is 0 Å². The van der Waals surface area contributed by atoms with Gasteiger partial charge in [-0.3, -0.25) is 11.3 Å². The Kier molecular flexibility index (Phi) is 3.85. The molecule has 0 radical (unpaired) electrons. The normalized spacial score (nSPS) is 19.3. The second kappa shape index (κ2) is 5.19. The number of rotatable bonds is 6. The Morgan fingerprint density at radius 2 is 1.82 bits per heavy atom. The maximum Gasteiger partial charge on any atom is 0.0307 e. The zero-order valence-electron chi connectivity index (χ0n) is 10.9. The summed E-state index contributed by atoms with van der Waals surface area (Å²) in [5, 5.41) is 0. The maximum atomic E-state index is 5.77. The molecule has 0 bridgehead atoms. The SMILES string of the molecule is CC(C)CCC(NN)C1(c2ccccc2)CC1. The Bertz CT molecular complexity index is 341. The fraction of sp³-hybridized carbons (Fsp3) is 0.600. The van der Waals surface area contributed by atoms with E-state index in [0.717, 1.165) is 5.92 Å². The molecule has 1 aliphatic carbocycles. The predicted octanol–water partition coefficient (Wildman–Crippen LogP) is 2.99. The van der Waals surface area contributed by atoms with Gasteiger partial charge in [0.1, 0.15) is 0 Å². The number of nitrogens with one attached hydrogen (secondary N) is 1. The average molecular weight is 232 g/mol. The van der Waals surface area contributed by atoms with Gasteiger partial charge < -0.3 is 0 Å². The van der Waals surface area contributed by atoms with Crippen molar-refractivity contribution in [1.29, 1.82) is 0 Å². The zero-order valence-corrected chi connectivity index (χ0v) is 10.9. The summed E-state index contributed by atoms with van der Waals surface area (Å²) in [5.74, 6) is 6.52. The number of hydrogen-bond donors (Lipinski definition) is 2. The van der Waals surface area contributed by atoms with Crippen molar-refractivity contribution in [2.75, 3.05) is 0 Å². The van der Waals surface area contributed by atoms with Crippen LogP contribution in [-0.4, -0.2) is 6.04 Å². The highest BCUT2D eigenvalue weighted by atomic mass is 15.2. The lowest BCUT2D eigenvalue weighted by atomic mass is 9.84. The molecule has 1 aliphatic rings. The van der Waals surface area contributed by atoms with Crippen molar-refractivity contribution < 1.29 is 0 Å². The molecule has 0 aliphatic heterocycles. The smallest absolute Gasteiger partial charge is 0.0307 e. The van der Waals surface area contributed by atoms with Crippen LogP contribution in [0.5, 0.6) is 0 Å². The lowest BCUT2D eigenvalue weighted by Gasteiger charge is -2.27. The maximum absolute atomic E-state index is 5.77. The van der Waals surface area contributed by atoms with Crippen molar-refractivity contribution in [3.63, 3.8) is 0 Å². The van der Waals surface area contributed by atoms with Crippen molar-refractivity contribution in [3.05, 3.63) is 35.9 Å². The van der Waals surface area contributed by atoms with Gasteiger partial charge in [-0.05, 0) is 37.2 Å². The quantitative estimate of drug-likeness (QED) is 0.584. The minimum Gasteiger partial charge on any atom is -0.271 e. The fourth-order valence-corrected chi connectivity index (χ4v) is 2.76. The van der Waals surface area contributed by atoms with Crippen LogP contribution < -0.4 is 11.3 Å². The first-order valence-corrected chi connectivity index (χ1v) is 6.71. The first kappa shape index (κ1) is 12.6. The summed E-state index contributed by atoms with van der Waals surface area (Å²) in [4.78, 5) is 0. The number of nitrogens with two attached hydrogens (primary N) is 1. The van der Waals surface area contributed by atoms with Gasteiger partial charge in [-0.25, -0.2) is 0 Å². The summed E-state index contributed by atoms with van der Waals surface area (Å²) in [6.07, 6.45) is 4.94. The third-order valence-corrected chi connectivity index (χ3v) is 4.04. The predicted molar refractivity (Wildman–Crippen MR) is 72.5 cm³/mol. The lowest BCUT2D eigenvalue weighted by molar-refractivity contribution is 0.367. The summed E-state index contributed by atoms with van der Waals surface area (Å²) >= 11 is 0. The molecule has 1 fully saturated rings. The van der Waals surface area contributed by atoms with E-state index in [4.69, 9.17) is 5.84 Å². The van der Waals surface area contributed by atoms with Gasteiger partial charge in [-0.1, -0.05) is 44.2 Å². The fourth-order valence-electron chi connectivity index (χ4n) is 2.76. The molecular formula is C15H24N2. The van der Waals surface area contributed by atoms with Gasteiger partial charge >= 0.3 is 0 Å². The number of hydrogen-bond acceptors (Lipinski definition) is 2. The van der Waals surface area contributed by atoms with Crippen LogP contribution in [-0.2, 0) is 5.41 Å². The molecule has 2 rings (SSSR count). The molecule has 2 nitrogen and oxygen atoms in total. The zero-order chi connectivity index (χ0) is 12.3. The van der Waals surface area contributed by atoms with E-state index >= 15 is 0 Å². The molecule has 2 heteroatoms. The summed E-state index contributed by atoms with van der Waals surface area (Å²) in [6.45, 7) is 4.55. The van der Waals surface area contributed by atoms with Gasteiger partial charge in [-0.2, -0.15) is 0 Å². The van der Waals surface area contributed by atoms with Gasteiger partial charge in [0.2, 0.25) is 0 Å². The van der Waals surface area contributed by atoms with Crippen LogP contribution >= 0.6 is 0 Å². The third kappa shape index (κ3) is 2.70. The largest absolute Gasteiger partial charge is 0.271 e. The van der Waals surface area contributed by atoms with Crippen molar-refractivity contribution in [3.8, 4) is 0 Å². The highest BCUT2D eigenvalue weighted by Gasteiger charge is 2.49. The van der Waals surface area contributed by atoms with Crippen molar-refractivity contribution in [2.45, 2.75) is 51.0 Å². The Balaban J connectivity index is 2.08. The third-order valence-electron chi connectivity index (χ3n) is 4.04. The molecule has 3 N–H and O–H groups in total. The molecule has 1 aromatic carbocycles. The van der Waals surface area contributed by atoms with Crippen LogP contribution in [0.25, 0.3) is 0 Å². The molecule has 0 amide bonds. The van der Waals surface area contributed by atoms with Crippen LogP contribution in [0.15, 0.2) is 30.3 Å². The molecule has 0 heterocycles. The minimum absolute atomic E-state index is 0.310. The summed E-state index contributed by atoms with van der Waals surface area (Å²) in [5.41, 5.74) is 4.82. The van der Waals surface area contributed by atoms with Gasteiger partial charge in [-0.15, -0.1) is 0 Å². The molecule has 1 unspecified atom stereocenters. The molecular weight excluding hydrogens is 208 g/mol. The molecule has 94 valence electrons. The monoisotopic (exact) mass is 232 g/mol. The van der Waals surface area contributed by atoms with Crippen molar-refractivity contribution >= 4 is 0 Å². The van der Waals surface area contributed by atoms with E-state index in [9.17, 15) is 0 Å². The molecule has 0 aromatic heterocycles. The Labute approximate surface area is 105 Å². The van der Waals surface area contributed by atoms with Gasteiger partial charge in [0, 0.05) is 11.5 Å². The van der Waals surface area contributed by atoms with E-state index < -0.39 is 0 Å². The minimum atomic E-state index is 0.310. The van der Waals surface area contributed by atoms with Crippen LogP contribution in [0, 0.1) is 5.92 Å².